The Kier molecular flexibility index (Phi) is 52.5. The quantitative estimate of drug-likeness (QED) is 0.430. The van der Waals surface area contributed by atoms with E-state index < -0.39 is 5.97 Å². The normalized spacial score (nSPS) is 3.57. The summed E-state index contributed by atoms with van der Waals surface area (Å²) in [6.45, 7) is 1.08. The zero-order valence-corrected chi connectivity index (χ0v) is 9.00. The van der Waals surface area contributed by atoms with E-state index in [4.69, 9.17) is 9.90 Å². The number of aliphatic carboxylic acids is 1. The maximum Gasteiger partial charge on any atom is 2.00 e. The molecular weight excluding hydrogens is 216 g/mol. The van der Waals surface area contributed by atoms with Crippen molar-refractivity contribution in [2.24, 2.45) is 0 Å². The van der Waals surface area contributed by atoms with Gasteiger partial charge in [-0.3, -0.25) is 4.79 Å². The van der Waals surface area contributed by atoms with Gasteiger partial charge >= 0.3 is 67.7 Å². The van der Waals surface area contributed by atoms with E-state index in [0.717, 1.165) is 6.92 Å². The van der Waals surface area contributed by atoms with Crippen molar-refractivity contribution < 1.29 is 38.5 Å². The third-order valence-corrected chi connectivity index (χ3v) is 0. The molecular formula is C2H9BaLiO3. The van der Waals surface area contributed by atoms with Gasteiger partial charge in [0.15, 0.2) is 0 Å². The average molecular weight is 225 g/mol. The van der Waals surface area contributed by atoms with Crippen LogP contribution in [-0.4, -0.2) is 65.4 Å². The minimum Gasteiger partial charge on any atom is -1.00 e. The first kappa shape index (κ1) is 23.5. The summed E-state index contributed by atoms with van der Waals surface area (Å²) >= 11 is 0. The van der Waals surface area contributed by atoms with E-state index in [1.807, 2.05) is 0 Å². The van der Waals surface area contributed by atoms with E-state index in [-0.39, 0.29) is 77.5 Å². The van der Waals surface area contributed by atoms with Crippen molar-refractivity contribution >= 4 is 54.9 Å². The molecule has 0 aliphatic carbocycles. The molecule has 0 bridgehead atoms. The van der Waals surface area contributed by atoms with Crippen molar-refractivity contribution in [3.63, 3.8) is 0 Å². The van der Waals surface area contributed by atoms with Crippen LogP contribution in [0, 0.1) is 0 Å². The van der Waals surface area contributed by atoms with Gasteiger partial charge in [0.25, 0.3) is 5.97 Å². The van der Waals surface area contributed by atoms with E-state index in [1.165, 1.54) is 0 Å². The van der Waals surface area contributed by atoms with Gasteiger partial charge in [0.2, 0.25) is 0 Å². The zero-order valence-electron chi connectivity index (χ0n) is 7.56. The second-order valence-corrected chi connectivity index (χ2v) is 0.519. The van der Waals surface area contributed by atoms with Crippen LogP contribution < -0.4 is 18.9 Å². The molecule has 38 valence electrons. The Morgan fingerprint density at radius 3 is 1.71 bits per heavy atom. The molecule has 0 fully saturated rings. The minimum absolute atomic E-state index is 0. The maximum atomic E-state index is 9.00. The predicted molar refractivity (Wildman–Crippen MR) is 26.0 cm³/mol. The molecule has 0 saturated heterocycles. The molecule has 0 amide bonds. The fourth-order valence-electron chi connectivity index (χ4n) is 0. The molecule has 0 aromatic rings. The first-order valence-electron chi connectivity index (χ1n) is 0.928. The zero-order chi connectivity index (χ0) is 3.58. The van der Waals surface area contributed by atoms with Gasteiger partial charge in [-0.1, -0.05) is 0 Å². The molecule has 0 unspecified atom stereocenters. The summed E-state index contributed by atoms with van der Waals surface area (Å²) in [5, 5.41) is 7.42. The Hall–Kier alpha value is 1.60. The van der Waals surface area contributed by atoms with Gasteiger partial charge in [0.05, 0.1) is 0 Å². The van der Waals surface area contributed by atoms with Gasteiger partial charge in [0, 0.05) is 6.92 Å². The van der Waals surface area contributed by atoms with Crippen LogP contribution in [-0.2, 0) is 4.79 Å². The number of hydrogen-bond acceptors (Lipinski definition) is 1. The molecule has 0 rings (SSSR count). The van der Waals surface area contributed by atoms with Crippen LogP contribution >= 0.6 is 0 Å². The molecule has 0 spiro atoms. The molecule has 0 aromatic carbocycles. The van der Waals surface area contributed by atoms with E-state index in [2.05, 4.69) is 0 Å². The minimum atomic E-state index is -0.833. The summed E-state index contributed by atoms with van der Waals surface area (Å²) in [5.41, 5.74) is 0. The second kappa shape index (κ2) is 15.6. The Labute approximate surface area is 98.9 Å². The predicted octanol–water partition coefficient (Wildman–Crippen LogP) is -3.77. The van der Waals surface area contributed by atoms with E-state index in [1.54, 1.807) is 0 Å². The van der Waals surface area contributed by atoms with E-state index in [0.29, 0.717) is 0 Å². The van der Waals surface area contributed by atoms with Gasteiger partial charge in [0.1, 0.15) is 0 Å². The third kappa shape index (κ3) is 93.2. The molecule has 0 aliphatic rings. The van der Waals surface area contributed by atoms with Crippen LogP contribution in [0.4, 0.5) is 0 Å². The number of carboxylic acid groups (broad SMARTS) is 1. The Morgan fingerprint density at radius 2 is 1.71 bits per heavy atom. The van der Waals surface area contributed by atoms with E-state index >= 15 is 0 Å². The molecule has 5 heteroatoms. The summed E-state index contributed by atoms with van der Waals surface area (Å²) in [7, 11) is 0. The van der Waals surface area contributed by atoms with Gasteiger partial charge < -0.3 is 14.9 Å². The van der Waals surface area contributed by atoms with Crippen molar-refractivity contribution in [2.45, 2.75) is 6.92 Å². The van der Waals surface area contributed by atoms with Crippen LogP contribution in [0.2, 0.25) is 0 Å². The third-order valence-electron chi connectivity index (χ3n) is 0. The fraction of sp³-hybridized carbons (Fsp3) is 0.500. The summed E-state index contributed by atoms with van der Waals surface area (Å²) in [5.74, 6) is -0.833. The van der Waals surface area contributed by atoms with Crippen LogP contribution in [0.3, 0.4) is 0 Å². The molecule has 0 aliphatic heterocycles. The summed E-state index contributed by atoms with van der Waals surface area (Å²) in [6, 6.07) is 0. The van der Waals surface area contributed by atoms with Crippen molar-refractivity contribution in [1.82, 2.24) is 0 Å². The largest absolute Gasteiger partial charge is 2.00 e. The van der Waals surface area contributed by atoms with Crippen LogP contribution in [0.5, 0.6) is 0 Å². The van der Waals surface area contributed by atoms with E-state index in [9.17, 15) is 0 Å². The van der Waals surface area contributed by atoms with Gasteiger partial charge in [-0.25, -0.2) is 0 Å². The van der Waals surface area contributed by atoms with Crippen molar-refractivity contribution in [2.75, 3.05) is 0 Å². The first-order chi connectivity index (χ1) is 1.73. The number of carboxylic acids is 1. The summed E-state index contributed by atoms with van der Waals surface area (Å²) in [6.07, 6.45) is 0. The van der Waals surface area contributed by atoms with Gasteiger partial charge in [-0.2, -0.15) is 0 Å². The smallest absolute Gasteiger partial charge is 1.00 e. The maximum absolute atomic E-state index is 9.00. The molecule has 3 nitrogen and oxygen atoms in total. The molecule has 3 N–H and O–H groups in total. The summed E-state index contributed by atoms with van der Waals surface area (Å²) in [4.78, 5) is 9.00. The number of hydrogen-bond donors (Lipinski definition) is 1. The van der Waals surface area contributed by atoms with Crippen LogP contribution in [0.25, 0.3) is 0 Å². The fourth-order valence-corrected chi connectivity index (χ4v) is 0. The molecule has 0 heterocycles. The van der Waals surface area contributed by atoms with Crippen LogP contribution in [0.15, 0.2) is 0 Å². The monoisotopic (exact) mass is 226 g/mol. The first-order valence-corrected chi connectivity index (χ1v) is 0.928. The van der Waals surface area contributed by atoms with Gasteiger partial charge in [-0.15, -0.1) is 0 Å². The van der Waals surface area contributed by atoms with Crippen molar-refractivity contribution in [3.05, 3.63) is 0 Å². The summed E-state index contributed by atoms with van der Waals surface area (Å²) < 4.78 is 0. The molecule has 0 atom stereocenters. The van der Waals surface area contributed by atoms with Gasteiger partial charge in [-0.05, 0) is 0 Å². The topological polar surface area (TPSA) is 68.8 Å². The van der Waals surface area contributed by atoms with Crippen molar-refractivity contribution in [3.8, 4) is 0 Å². The second-order valence-electron chi connectivity index (χ2n) is 0.519. The van der Waals surface area contributed by atoms with Crippen molar-refractivity contribution in [1.29, 1.82) is 0 Å². The standard InChI is InChI=1S/C2H4O2.Ba.Li.H2O.3H/c1-2(3)4;;;;;;/h1H3,(H,3,4);;;1H2;;;/q;+2;+1;;3*-1. The average Bonchev–Trinajstić information content (AvgIpc) is 0.811. The Bertz CT molecular complexity index is 44.7. The number of carbonyl (C=O) groups is 1. The molecule has 0 aromatic heterocycles. The number of rotatable bonds is 0. The van der Waals surface area contributed by atoms with Crippen LogP contribution in [0.1, 0.15) is 11.2 Å². The Balaban J connectivity index is -0.00000000300. The Morgan fingerprint density at radius 1 is 1.71 bits per heavy atom. The molecule has 0 radical (unpaired) electrons. The molecule has 0 saturated carbocycles. The molecule has 7 heavy (non-hydrogen) atoms. The SMILES string of the molecule is CC(=O)O.O.[Ba+2].[H-].[H-].[H-].[Li+].